The molecule has 0 saturated carbocycles. The Morgan fingerprint density at radius 2 is 1.94 bits per heavy atom. The van der Waals surface area contributed by atoms with Crippen molar-refractivity contribution in [2.24, 2.45) is 0 Å². The minimum atomic E-state index is -0.547. The average molecular weight is 280 g/mol. The standard InChI is InChI=1S/C14H14ClNOS/c15-12-6-1-2-7-14(12)18-9-13(17)10-4-3-5-11(16)8-10/h1-8,13,17H,9,16H2. The quantitative estimate of drug-likeness (QED) is 0.662. The Morgan fingerprint density at radius 1 is 1.17 bits per heavy atom. The Bertz CT molecular complexity index is 533. The number of halogens is 1. The first kappa shape index (κ1) is 13.3. The van der Waals surface area contributed by atoms with Gasteiger partial charge in [0, 0.05) is 16.3 Å². The summed E-state index contributed by atoms with van der Waals surface area (Å²) in [4.78, 5) is 0.974. The molecule has 2 aromatic carbocycles. The molecule has 0 bridgehead atoms. The summed E-state index contributed by atoms with van der Waals surface area (Å²) in [5.41, 5.74) is 7.18. The van der Waals surface area contributed by atoms with Gasteiger partial charge in [0.1, 0.15) is 0 Å². The minimum absolute atomic E-state index is 0.547. The molecular formula is C14H14ClNOS. The molecule has 1 unspecified atom stereocenters. The largest absolute Gasteiger partial charge is 0.399 e. The van der Waals surface area contributed by atoms with Crippen molar-refractivity contribution < 1.29 is 5.11 Å². The second-order valence-corrected chi connectivity index (χ2v) is 5.40. The third kappa shape index (κ3) is 3.42. The number of benzene rings is 2. The van der Waals surface area contributed by atoms with Gasteiger partial charge in [0.05, 0.1) is 11.1 Å². The number of thioether (sulfide) groups is 1. The highest BCUT2D eigenvalue weighted by atomic mass is 35.5. The molecule has 0 radical (unpaired) electrons. The van der Waals surface area contributed by atoms with E-state index in [-0.39, 0.29) is 0 Å². The zero-order chi connectivity index (χ0) is 13.0. The third-order valence-electron chi connectivity index (χ3n) is 2.53. The van der Waals surface area contributed by atoms with Crippen molar-refractivity contribution in [3.63, 3.8) is 0 Å². The Hall–Kier alpha value is -1.16. The number of anilines is 1. The third-order valence-corrected chi connectivity index (χ3v) is 4.12. The molecule has 2 nitrogen and oxygen atoms in total. The highest BCUT2D eigenvalue weighted by Gasteiger charge is 2.09. The molecule has 0 spiro atoms. The molecule has 18 heavy (non-hydrogen) atoms. The van der Waals surface area contributed by atoms with E-state index in [4.69, 9.17) is 17.3 Å². The zero-order valence-corrected chi connectivity index (χ0v) is 11.3. The van der Waals surface area contributed by atoms with Gasteiger partial charge in [-0.05, 0) is 29.8 Å². The van der Waals surface area contributed by atoms with Crippen molar-refractivity contribution in [3.05, 3.63) is 59.1 Å². The highest BCUT2D eigenvalue weighted by molar-refractivity contribution is 7.99. The van der Waals surface area contributed by atoms with Crippen LogP contribution in [-0.4, -0.2) is 10.9 Å². The maximum absolute atomic E-state index is 10.1. The Morgan fingerprint density at radius 3 is 2.67 bits per heavy atom. The summed E-state index contributed by atoms with van der Waals surface area (Å²) in [6, 6.07) is 14.9. The lowest BCUT2D eigenvalue weighted by Gasteiger charge is -2.11. The number of aliphatic hydroxyl groups excluding tert-OH is 1. The predicted molar refractivity (Wildman–Crippen MR) is 78.0 cm³/mol. The zero-order valence-electron chi connectivity index (χ0n) is 9.71. The monoisotopic (exact) mass is 279 g/mol. The van der Waals surface area contributed by atoms with Crippen LogP contribution in [0.2, 0.25) is 5.02 Å². The van der Waals surface area contributed by atoms with Crippen LogP contribution in [0.4, 0.5) is 5.69 Å². The van der Waals surface area contributed by atoms with Gasteiger partial charge < -0.3 is 10.8 Å². The van der Waals surface area contributed by atoms with Crippen LogP contribution in [0.1, 0.15) is 11.7 Å². The van der Waals surface area contributed by atoms with Gasteiger partial charge in [0.2, 0.25) is 0 Å². The second-order valence-electron chi connectivity index (χ2n) is 3.93. The van der Waals surface area contributed by atoms with Gasteiger partial charge in [-0.3, -0.25) is 0 Å². The van der Waals surface area contributed by atoms with Crippen molar-refractivity contribution in [1.82, 2.24) is 0 Å². The molecule has 0 aliphatic heterocycles. The molecule has 0 amide bonds. The van der Waals surface area contributed by atoms with E-state index < -0.39 is 6.10 Å². The number of hydrogen-bond acceptors (Lipinski definition) is 3. The first-order valence-electron chi connectivity index (χ1n) is 5.57. The lowest BCUT2D eigenvalue weighted by Crippen LogP contribution is -2.01. The summed E-state index contributed by atoms with van der Waals surface area (Å²) in [7, 11) is 0. The van der Waals surface area contributed by atoms with E-state index in [1.54, 1.807) is 12.1 Å². The van der Waals surface area contributed by atoms with E-state index in [0.29, 0.717) is 16.5 Å². The van der Waals surface area contributed by atoms with Crippen LogP contribution in [0, 0.1) is 0 Å². The van der Waals surface area contributed by atoms with Crippen molar-refractivity contribution in [3.8, 4) is 0 Å². The van der Waals surface area contributed by atoms with E-state index in [1.807, 2.05) is 36.4 Å². The summed E-state index contributed by atoms with van der Waals surface area (Å²) < 4.78 is 0. The number of hydrogen-bond donors (Lipinski definition) is 2. The fourth-order valence-corrected chi connectivity index (χ4v) is 2.80. The molecule has 0 aliphatic rings. The summed E-state index contributed by atoms with van der Waals surface area (Å²) in [6.45, 7) is 0. The highest BCUT2D eigenvalue weighted by Crippen LogP contribution is 2.30. The molecule has 94 valence electrons. The number of rotatable bonds is 4. The Balaban J connectivity index is 2.00. The summed E-state index contributed by atoms with van der Waals surface area (Å²) >= 11 is 7.59. The van der Waals surface area contributed by atoms with Crippen LogP contribution in [0.15, 0.2) is 53.4 Å². The fourth-order valence-electron chi connectivity index (χ4n) is 1.59. The lowest BCUT2D eigenvalue weighted by molar-refractivity contribution is 0.204. The smallest absolute Gasteiger partial charge is 0.0884 e. The summed E-state index contributed by atoms with van der Waals surface area (Å²) in [6.07, 6.45) is -0.547. The molecule has 0 saturated heterocycles. The molecule has 2 aromatic rings. The molecule has 1 atom stereocenters. The molecule has 3 N–H and O–H groups in total. The number of nitrogens with two attached hydrogens (primary N) is 1. The summed E-state index contributed by atoms with van der Waals surface area (Å²) in [5.74, 6) is 0.549. The van der Waals surface area contributed by atoms with Gasteiger partial charge in [-0.2, -0.15) is 0 Å². The van der Waals surface area contributed by atoms with E-state index >= 15 is 0 Å². The van der Waals surface area contributed by atoms with Crippen LogP contribution in [0.5, 0.6) is 0 Å². The van der Waals surface area contributed by atoms with Crippen molar-refractivity contribution >= 4 is 29.1 Å². The van der Waals surface area contributed by atoms with E-state index in [2.05, 4.69) is 0 Å². The maximum Gasteiger partial charge on any atom is 0.0884 e. The van der Waals surface area contributed by atoms with Gasteiger partial charge in [-0.15, -0.1) is 11.8 Å². The van der Waals surface area contributed by atoms with Crippen LogP contribution in [-0.2, 0) is 0 Å². The first-order chi connectivity index (χ1) is 8.66. The molecule has 0 aliphatic carbocycles. The second kappa shape index (κ2) is 6.14. The van der Waals surface area contributed by atoms with Crippen LogP contribution < -0.4 is 5.73 Å². The molecule has 4 heteroatoms. The fraction of sp³-hybridized carbons (Fsp3) is 0.143. The molecule has 2 rings (SSSR count). The van der Waals surface area contributed by atoms with E-state index in [9.17, 15) is 5.11 Å². The molecule has 0 aromatic heterocycles. The van der Waals surface area contributed by atoms with E-state index in [0.717, 1.165) is 10.5 Å². The molecule has 0 heterocycles. The lowest BCUT2D eigenvalue weighted by atomic mass is 10.1. The van der Waals surface area contributed by atoms with E-state index in [1.165, 1.54) is 11.8 Å². The normalized spacial score (nSPS) is 12.3. The summed E-state index contributed by atoms with van der Waals surface area (Å²) in [5, 5.41) is 10.8. The van der Waals surface area contributed by atoms with Crippen molar-refractivity contribution in [2.75, 3.05) is 11.5 Å². The first-order valence-corrected chi connectivity index (χ1v) is 6.94. The van der Waals surface area contributed by atoms with Crippen molar-refractivity contribution in [1.29, 1.82) is 0 Å². The SMILES string of the molecule is Nc1cccc(C(O)CSc2ccccc2Cl)c1. The maximum atomic E-state index is 10.1. The van der Waals surface area contributed by atoms with Gasteiger partial charge in [-0.1, -0.05) is 35.9 Å². The minimum Gasteiger partial charge on any atom is -0.399 e. The number of aliphatic hydroxyl groups is 1. The van der Waals surface area contributed by atoms with Gasteiger partial charge >= 0.3 is 0 Å². The van der Waals surface area contributed by atoms with Crippen molar-refractivity contribution in [2.45, 2.75) is 11.0 Å². The van der Waals surface area contributed by atoms with Crippen LogP contribution in [0.25, 0.3) is 0 Å². The average Bonchev–Trinajstić information content (AvgIpc) is 2.37. The molecular weight excluding hydrogens is 266 g/mol. The predicted octanol–water partition coefficient (Wildman–Crippen LogP) is 3.75. The topological polar surface area (TPSA) is 46.2 Å². The Labute approximate surface area is 116 Å². The van der Waals surface area contributed by atoms with Crippen LogP contribution in [0.3, 0.4) is 0 Å². The van der Waals surface area contributed by atoms with Gasteiger partial charge in [0.25, 0.3) is 0 Å². The van der Waals surface area contributed by atoms with Crippen LogP contribution >= 0.6 is 23.4 Å². The van der Waals surface area contributed by atoms with Gasteiger partial charge in [-0.25, -0.2) is 0 Å². The number of nitrogen functional groups attached to an aromatic ring is 1. The Kier molecular flexibility index (Phi) is 4.53. The molecule has 0 fully saturated rings. The van der Waals surface area contributed by atoms with Gasteiger partial charge in [0.15, 0.2) is 0 Å².